The van der Waals surface area contributed by atoms with Gasteiger partial charge in [-0.2, -0.15) is 5.10 Å². The van der Waals surface area contributed by atoms with E-state index in [1.54, 1.807) is 35.9 Å². The van der Waals surface area contributed by atoms with E-state index >= 15 is 0 Å². The molecular weight excluding hydrogens is 346 g/mol. The summed E-state index contributed by atoms with van der Waals surface area (Å²) in [6.45, 7) is 2.41. The van der Waals surface area contributed by atoms with E-state index in [1.165, 1.54) is 0 Å². The monoisotopic (exact) mass is 363 g/mol. The van der Waals surface area contributed by atoms with Crippen molar-refractivity contribution in [2.24, 2.45) is 0 Å². The van der Waals surface area contributed by atoms with Crippen LogP contribution in [-0.2, 0) is 13.0 Å². The predicted molar refractivity (Wildman–Crippen MR) is 101 cm³/mol. The van der Waals surface area contributed by atoms with Gasteiger partial charge in [0.15, 0.2) is 0 Å². The quantitative estimate of drug-likeness (QED) is 0.590. The van der Waals surface area contributed by atoms with Gasteiger partial charge in [-0.15, -0.1) is 0 Å². The number of rotatable bonds is 5. The SMILES string of the molecule is CCc1nn2c(CNC(=O)c3cccnc3)c(-c3ccccc3)nc2s1. The highest BCUT2D eigenvalue weighted by Crippen LogP contribution is 2.27. The zero-order chi connectivity index (χ0) is 17.9. The average molecular weight is 363 g/mol. The van der Waals surface area contributed by atoms with Crippen molar-refractivity contribution in [3.05, 3.63) is 71.1 Å². The highest BCUT2D eigenvalue weighted by Gasteiger charge is 2.18. The fourth-order valence-corrected chi connectivity index (χ4v) is 3.57. The molecule has 0 aliphatic carbocycles. The van der Waals surface area contributed by atoms with Crippen molar-refractivity contribution in [3.8, 4) is 11.3 Å². The van der Waals surface area contributed by atoms with Gasteiger partial charge in [-0.1, -0.05) is 48.6 Å². The molecule has 1 amide bonds. The van der Waals surface area contributed by atoms with Crippen molar-refractivity contribution in [2.75, 3.05) is 0 Å². The number of nitrogens with one attached hydrogen (secondary N) is 1. The average Bonchev–Trinajstić information content (AvgIpc) is 3.25. The van der Waals surface area contributed by atoms with E-state index < -0.39 is 0 Å². The van der Waals surface area contributed by atoms with Gasteiger partial charge in [0.2, 0.25) is 4.96 Å². The molecule has 0 spiro atoms. The molecule has 130 valence electrons. The van der Waals surface area contributed by atoms with Crippen LogP contribution in [0.15, 0.2) is 54.9 Å². The number of aromatic nitrogens is 4. The molecule has 0 bridgehead atoms. The Morgan fingerprint density at radius 2 is 2.04 bits per heavy atom. The molecule has 0 radical (unpaired) electrons. The lowest BCUT2D eigenvalue weighted by Crippen LogP contribution is -2.24. The summed E-state index contributed by atoms with van der Waals surface area (Å²) in [6, 6.07) is 13.4. The molecule has 4 aromatic rings. The van der Waals surface area contributed by atoms with E-state index in [9.17, 15) is 4.79 Å². The fraction of sp³-hybridized carbons (Fsp3) is 0.158. The van der Waals surface area contributed by atoms with Crippen LogP contribution in [0, 0.1) is 0 Å². The zero-order valence-electron chi connectivity index (χ0n) is 14.2. The number of benzene rings is 1. The van der Waals surface area contributed by atoms with Crippen LogP contribution in [-0.4, -0.2) is 25.5 Å². The molecule has 26 heavy (non-hydrogen) atoms. The third-order valence-electron chi connectivity index (χ3n) is 4.03. The highest BCUT2D eigenvalue weighted by molar-refractivity contribution is 7.16. The van der Waals surface area contributed by atoms with Gasteiger partial charge in [-0.3, -0.25) is 9.78 Å². The van der Waals surface area contributed by atoms with E-state index in [0.717, 1.165) is 33.3 Å². The number of carbonyl (C=O) groups is 1. The summed E-state index contributed by atoms with van der Waals surface area (Å²) < 4.78 is 1.84. The van der Waals surface area contributed by atoms with Crippen LogP contribution in [0.4, 0.5) is 0 Å². The number of amides is 1. The van der Waals surface area contributed by atoms with Gasteiger partial charge < -0.3 is 5.32 Å². The summed E-state index contributed by atoms with van der Waals surface area (Å²) in [5.41, 5.74) is 3.26. The Kier molecular flexibility index (Phi) is 4.45. The van der Waals surface area contributed by atoms with E-state index in [4.69, 9.17) is 4.98 Å². The Bertz CT molecular complexity index is 1040. The van der Waals surface area contributed by atoms with E-state index in [1.807, 2.05) is 34.8 Å². The topological polar surface area (TPSA) is 72.2 Å². The Labute approximate surface area is 154 Å². The van der Waals surface area contributed by atoms with E-state index in [2.05, 4.69) is 22.3 Å². The molecular formula is C19H17N5OS. The summed E-state index contributed by atoms with van der Waals surface area (Å²) in [5.74, 6) is -0.169. The number of fused-ring (bicyclic) bond motifs is 1. The first-order chi connectivity index (χ1) is 12.8. The molecule has 0 saturated heterocycles. The molecule has 1 aromatic carbocycles. The molecule has 3 heterocycles. The number of pyridine rings is 1. The first kappa shape index (κ1) is 16.4. The van der Waals surface area contributed by atoms with Crippen molar-refractivity contribution < 1.29 is 4.79 Å². The van der Waals surface area contributed by atoms with Gasteiger partial charge in [0.05, 0.1) is 23.5 Å². The first-order valence-electron chi connectivity index (χ1n) is 8.37. The Morgan fingerprint density at radius 3 is 2.77 bits per heavy atom. The molecule has 0 saturated carbocycles. The van der Waals surface area contributed by atoms with Crippen molar-refractivity contribution >= 4 is 22.2 Å². The summed E-state index contributed by atoms with van der Waals surface area (Å²) in [7, 11) is 0. The maximum absolute atomic E-state index is 12.4. The van der Waals surface area contributed by atoms with Crippen molar-refractivity contribution in [1.82, 2.24) is 24.9 Å². The fourth-order valence-electron chi connectivity index (χ4n) is 2.72. The van der Waals surface area contributed by atoms with Crippen LogP contribution < -0.4 is 5.32 Å². The highest BCUT2D eigenvalue weighted by atomic mass is 32.1. The van der Waals surface area contributed by atoms with Gasteiger partial charge in [-0.25, -0.2) is 9.50 Å². The van der Waals surface area contributed by atoms with Crippen LogP contribution in [0.3, 0.4) is 0 Å². The Balaban J connectivity index is 1.69. The smallest absolute Gasteiger partial charge is 0.253 e. The van der Waals surface area contributed by atoms with Crippen molar-refractivity contribution in [1.29, 1.82) is 0 Å². The second-order valence-corrected chi connectivity index (χ2v) is 6.78. The standard InChI is InChI=1S/C19H17N5OS/c1-2-16-23-24-15(12-21-18(25)14-9-6-10-20-11-14)17(22-19(24)26-16)13-7-4-3-5-8-13/h3-11H,2,12H2,1H3,(H,21,25). The minimum atomic E-state index is -0.169. The third kappa shape index (κ3) is 3.09. The molecule has 1 N–H and O–H groups in total. The van der Waals surface area contributed by atoms with Crippen LogP contribution >= 0.6 is 11.3 Å². The molecule has 3 aromatic heterocycles. The molecule has 0 aliphatic heterocycles. The van der Waals surface area contributed by atoms with Crippen molar-refractivity contribution in [2.45, 2.75) is 19.9 Å². The summed E-state index contributed by atoms with van der Waals surface area (Å²) in [6.07, 6.45) is 4.06. The largest absolute Gasteiger partial charge is 0.346 e. The van der Waals surface area contributed by atoms with Gasteiger partial charge >= 0.3 is 0 Å². The van der Waals surface area contributed by atoms with Crippen LogP contribution in [0.25, 0.3) is 16.2 Å². The second-order valence-electron chi connectivity index (χ2n) is 5.74. The number of imidazole rings is 1. The molecule has 6 nitrogen and oxygen atoms in total. The maximum Gasteiger partial charge on any atom is 0.253 e. The number of carbonyl (C=O) groups excluding carboxylic acids is 1. The number of nitrogens with zero attached hydrogens (tertiary/aromatic N) is 4. The molecule has 0 unspecified atom stereocenters. The molecule has 0 fully saturated rings. The first-order valence-corrected chi connectivity index (χ1v) is 9.19. The van der Waals surface area contributed by atoms with E-state index in [0.29, 0.717) is 12.1 Å². The lowest BCUT2D eigenvalue weighted by atomic mass is 10.1. The Hall–Kier alpha value is -3.06. The number of aryl methyl sites for hydroxylation is 1. The van der Waals surface area contributed by atoms with Gasteiger partial charge in [0.1, 0.15) is 5.01 Å². The normalized spacial score (nSPS) is 11.0. The van der Waals surface area contributed by atoms with Gasteiger partial charge in [-0.05, 0) is 18.6 Å². The maximum atomic E-state index is 12.4. The van der Waals surface area contributed by atoms with Crippen molar-refractivity contribution in [3.63, 3.8) is 0 Å². The number of hydrogen-bond acceptors (Lipinski definition) is 5. The van der Waals surface area contributed by atoms with Crippen LogP contribution in [0.5, 0.6) is 0 Å². The molecule has 0 atom stereocenters. The lowest BCUT2D eigenvalue weighted by Gasteiger charge is -2.06. The van der Waals surface area contributed by atoms with Gasteiger partial charge in [0, 0.05) is 18.0 Å². The predicted octanol–water partition coefficient (Wildman–Crippen LogP) is 3.35. The second kappa shape index (κ2) is 7.05. The van der Waals surface area contributed by atoms with E-state index in [-0.39, 0.29) is 5.91 Å². The lowest BCUT2D eigenvalue weighted by molar-refractivity contribution is 0.0950. The minimum absolute atomic E-state index is 0.169. The van der Waals surface area contributed by atoms with Crippen LogP contribution in [0.2, 0.25) is 0 Å². The molecule has 0 aliphatic rings. The number of hydrogen-bond donors (Lipinski definition) is 1. The van der Waals surface area contributed by atoms with Gasteiger partial charge in [0.25, 0.3) is 5.91 Å². The zero-order valence-corrected chi connectivity index (χ0v) is 15.0. The third-order valence-corrected chi connectivity index (χ3v) is 5.08. The Morgan fingerprint density at radius 1 is 1.19 bits per heavy atom. The van der Waals surface area contributed by atoms with Crippen LogP contribution in [0.1, 0.15) is 28.0 Å². The molecule has 7 heteroatoms. The minimum Gasteiger partial charge on any atom is -0.346 e. The summed E-state index contributed by atoms with van der Waals surface area (Å²) in [5, 5.41) is 8.61. The molecule has 4 rings (SSSR count). The summed E-state index contributed by atoms with van der Waals surface area (Å²) >= 11 is 1.58. The summed E-state index contributed by atoms with van der Waals surface area (Å²) in [4.78, 5) is 22.0.